The van der Waals surface area contributed by atoms with E-state index in [0.29, 0.717) is 0 Å². The molecule has 1 aromatic carbocycles. The molecule has 0 saturated heterocycles. The molecule has 58 valence electrons. The van der Waals surface area contributed by atoms with E-state index in [1.807, 2.05) is 6.07 Å². The van der Waals surface area contributed by atoms with Crippen molar-refractivity contribution >= 4 is 11.6 Å². The average molecular weight is 179 g/mol. The number of rotatable bonds is 0. The molecule has 0 radical (unpaired) electrons. The van der Waals surface area contributed by atoms with Crippen LogP contribution in [0.4, 0.5) is 0 Å². The quantitative estimate of drug-likeness (QED) is 0.659. The Morgan fingerprint density at radius 1 is 1.25 bits per heavy atom. The molecule has 0 bridgehead atoms. The van der Waals surface area contributed by atoms with Crippen molar-refractivity contribution in [2.75, 3.05) is 0 Å². The molecule has 1 rings (SSSR count). The van der Waals surface area contributed by atoms with E-state index < -0.39 is 0 Å². The highest BCUT2D eigenvalue weighted by Gasteiger charge is 2.06. The number of halogens is 1. The van der Waals surface area contributed by atoms with E-state index in [0.717, 1.165) is 0 Å². The number of hydrogen-bond acceptors (Lipinski definition) is 3. The zero-order chi connectivity index (χ0) is 9.14. The number of phenols is 1. The van der Waals surface area contributed by atoms with Crippen LogP contribution < -0.4 is 0 Å². The Labute approximate surface area is 74.0 Å². The van der Waals surface area contributed by atoms with Gasteiger partial charge in [-0.1, -0.05) is 11.6 Å². The third-order valence-electron chi connectivity index (χ3n) is 1.31. The van der Waals surface area contributed by atoms with Crippen LogP contribution in [0.25, 0.3) is 0 Å². The summed E-state index contributed by atoms with van der Waals surface area (Å²) >= 11 is 5.52. The summed E-state index contributed by atoms with van der Waals surface area (Å²) in [6.07, 6.45) is 0. The molecule has 1 N–H and O–H groups in total. The Morgan fingerprint density at radius 2 is 1.92 bits per heavy atom. The van der Waals surface area contributed by atoms with Crippen LogP contribution in [0.15, 0.2) is 12.1 Å². The van der Waals surface area contributed by atoms with Crippen molar-refractivity contribution in [3.8, 4) is 17.9 Å². The van der Waals surface area contributed by atoms with Gasteiger partial charge in [-0.2, -0.15) is 10.5 Å². The second kappa shape index (κ2) is 3.13. The highest BCUT2D eigenvalue weighted by Crippen LogP contribution is 2.27. The zero-order valence-corrected chi connectivity index (χ0v) is 6.63. The topological polar surface area (TPSA) is 67.8 Å². The van der Waals surface area contributed by atoms with Crippen LogP contribution >= 0.6 is 11.6 Å². The maximum absolute atomic E-state index is 9.15. The molecule has 0 aliphatic carbocycles. The fourth-order valence-electron chi connectivity index (χ4n) is 0.749. The lowest BCUT2D eigenvalue weighted by Crippen LogP contribution is -1.81. The first-order chi connectivity index (χ1) is 5.69. The molecule has 0 spiro atoms. The van der Waals surface area contributed by atoms with Crippen molar-refractivity contribution in [1.82, 2.24) is 0 Å². The molecule has 0 aliphatic heterocycles. The molecule has 0 aromatic heterocycles. The molecular formula is C8H3ClN2O. The molecule has 0 aliphatic rings. The SMILES string of the molecule is N#Cc1cc(Cl)c(O)c(C#N)c1. The molecule has 3 nitrogen and oxygen atoms in total. The first-order valence-electron chi connectivity index (χ1n) is 3.01. The monoisotopic (exact) mass is 178 g/mol. The van der Waals surface area contributed by atoms with Gasteiger partial charge in [-0.25, -0.2) is 0 Å². The molecule has 1 aromatic rings. The second-order valence-corrected chi connectivity index (χ2v) is 2.49. The maximum atomic E-state index is 9.15. The summed E-state index contributed by atoms with van der Waals surface area (Å²) in [6, 6.07) is 6.13. The molecule has 0 heterocycles. The largest absolute Gasteiger partial charge is 0.505 e. The lowest BCUT2D eigenvalue weighted by atomic mass is 10.1. The van der Waals surface area contributed by atoms with Gasteiger partial charge in [-0.05, 0) is 12.1 Å². The van der Waals surface area contributed by atoms with E-state index in [1.54, 1.807) is 6.07 Å². The standard InChI is InChI=1S/C8H3ClN2O/c9-7-2-5(3-10)1-6(4-11)8(7)12/h1-2,12H. The summed E-state index contributed by atoms with van der Waals surface area (Å²) in [4.78, 5) is 0. The smallest absolute Gasteiger partial charge is 0.152 e. The Kier molecular flexibility index (Phi) is 2.19. The lowest BCUT2D eigenvalue weighted by molar-refractivity contribution is 0.474. The van der Waals surface area contributed by atoms with Crippen molar-refractivity contribution < 1.29 is 5.11 Å². The van der Waals surface area contributed by atoms with Gasteiger partial charge in [0.25, 0.3) is 0 Å². The number of hydrogen-bond donors (Lipinski definition) is 1. The van der Waals surface area contributed by atoms with Crippen molar-refractivity contribution in [1.29, 1.82) is 10.5 Å². The number of nitrogens with zero attached hydrogens (tertiary/aromatic N) is 2. The Balaban J connectivity index is 3.44. The molecule has 0 saturated carbocycles. The van der Waals surface area contributed by atoms with Gasteiger partial charge in [0.15, 0.2) is 5.75 Å². The molecule has 0 atom stereocenters. The van der Waals surface area contributed by atoms with Crippen molar-refractivity contribution in [2.45, 2.75) is 0 Å². The Morgan fingerprint density at radius 3 is 2.42 bits per heavy atom. The minimum atomic E-state index is -0.279. The molecule has 4 heteroatoms. The van der Waals surface area contributed by atoms with Crippen LogP contribution in [0.5, 0.6) is 5.75 Å². The van der Waals surface area contributed by atoms with Crippen LogP contribution in [-0.2, 0) is 0 Å². The van der Waals surface area contributed by atoms with E-state index in [1.165, 1.54) is 12.1 Å². The van der Waals surface area contributed by atoms with Crippen LogP contribution in [-0.4, -0.2) is 5.11 Å². The number of phenolic OH excluding ortho intramolecular Hbond substituents is 1. The summed E-state index contributed by atoms with van der Waals surface area (Å²) in [5.74, 6) is -0.279. The summed E-state index contributed by atoms with van der Waals surface area (Å²) in [5, 5.41) is 26.1. The second-order valence-electron chi connectivity index (χ2n) is 2.08. The van der Waals surface area contributed by atoms with Gasteiger partial charge < -0.3 is 5.11 Å². The van der Waals surface area contributed by atoms with E-state index in [4.69, 9.17) is 27.2 Å². The first-order valence-corrected chi connectivity index (χ1v) is 3.39. The maximum Gasteiger partial charge on any atom is 0.152 e. The first kappa shape index (κ1) is 8.39. The van der Waals surface area contributed by atoms with Crippen LogP contribution in [0.2, 0.25) is 5.02 Å². The minimum absolute atomic E-state index is 0.0130. The van der Waals surface area contributed by atoms with Gasteiger partial charge in [0, 0.05) is 0 Å². The molecule has 12 heavy (non-hydrogen) atoms. The summed E-state index contributed by atoms with van der Waals surface area (Å²) < 4.78 is 0. The average Bonchev–Trinajstić information content (AvgIpc) is 2.09. The summed E-state index contributed by atoms with van der Waals surface area (Å²) in [7, 11) is 0. The predicted molar refractivity (Wildman–Crippen MR) is 42.5 cm³/mol. The fourth-order valence-corrected chi connectivity index (χ4v) is 0.968. The van der Waals surface area contributed by atoms with E-state index in [9.17, 15) is 0 Å². The van der Waals surface area contributed by atoms with Gasteiger partial charge in [0.1, 0.15) is 6.07 Å². The third-order valence-corrected chi connectivity index (χ3v) is 1.60. The number of nitriles is 2. The van der Waals surface area contributed by atoms with Crippen LogP contribution in [0.3, 0.4) is 0 Å². The zero-order valence-electron chi connectivity index (χ0n) is 5.87. The van der Waals surface area contributed by atoms with Crippen molar-refractivity contribution in [3.05, 3.63) is 28.3 Å². The lowest BCUT2D eigenvalue weighted by Gasteiger charge is -1.98. The molecule has 0 fully saturated rings. The van der Waals surface area contributed by atoms with Crippen molar-refractivity contribution in [3.63, 3.8) is 0 Å². The molecule has 0 unspecified atom stereocenters. The van der Waals surface area contributed by atoms with Gasteiger partial charge in [-0.15, -0.1) is 0 Å². The minimum Gasteiger partial charge on any atom is -0.505 e. The fraction of sp³-hybridized carbons (Fsp3) is 0. The molecular weight excluding hydrogens is 176 g/mol. The predicted octanol–water partition coefficient (Wildman–Crippen LogP) is 1.79. The number of aromatic hydroxyl groups is 1. The van der Waals surface area contributed by atoms with Gasteiger partial charge in [-0.3, -0.25) is 0 Å². The van der Waals surface area contributed by atoms with Crippen LogP contribution in [0.1, 0.15) is 11.1 Å². The van der Waals surface area contributed by atoms with Crippen molar-refractivity contribution in [2.24, 2.45) is 0 Å². The van der Waals surface area contributed by atoms with Gasteiger partial charge in [0.2, 0.25) is 0 Å². The van der Waals surface area contributed by atoms with Gasteiger partial charge >= 0.3 is 0 Å². The summed E-state index contributed by atoms with van der Waals surface area (Å²) in [5.41, 5.74) is 0.272. The Bertz CT molecular complexity index is 401. The normalized spacial score (nSPS) is 8.58. The highest BCUT2D eigenvalue weighted by molar-refractivity contribution is 6.32. The Hall–Kier alpha value is -1.71. The molecule has 0 amide bonds. The van der Waals surface area contributed by atoms with Crippen LogP contribution in [0, 0.1) is 22.7 Å². The number of benzene rings is 1. The highest BCUT2D eigenvalue weighted by atomic mass is 35.5. The van der Waals surface area contributed by atoms with E-state index >= 15 is 0 Å². The summed E-state index contributed by atoms with van der Waals surface area (Å²) in [6.45, 7) is 0. The third kappa shape index (κ3) is 1.32. The van der Waals surface area contributed by atoms with Gasteiger partial charge in [0.05, 0.1) is 22.2 Å². The van der Waals surface area contributed by atoms with E-state index in [2.05, 4.69) is 0 Å². The van der Waals surface area contributed by atoms with E-state index in [-0.39, 0.29) is 21.9 Å².